The largest absolute Gasteiger partial charge is 0.360 e. The third-order valence-corrected chi connectivity index (χ3v) is 7.35. The number of nitro benzene ring substituents is 1. The molecule has 8 nitrogen and oxygen atoms in total. The molecule has 0 unspecified atom stereocenters. The maximum absolute atomic E-state index is 12.5. The summed E-state index contributed by atoms with van der Waals surface area (Å²) in [6, 6.07) is 16.8. The molecule has 0 atom stereocenters. The summed E-state index contributed by atoms with van der Waals surface area (Å²) in [4.78, 5) is 23.1. The molecule has 0 saturated heterocycles. The number of fused-ring (bicyclic) bond motifs is 1. The highest BCUT2D eigenvalue weighted by Crippen LogP contribution is 2.24. The van der Waals surface area contributed by atoms with E-state index in [9.17, 15) is 14.9 Å². The number of hydrogen-bond donors (Lipinski definition) is 0. The zero-order valence-electron chi connectivity index (χ0n) is 19.6. The molecule has 0 aliphatic heterocycles. The monoisotopic (exact) mass is 476 g/mol. The van der Waals surface area contributed by atoms with E-state index in [1.165, 1.54) is 18.2 Å². The smallest absolute Gasteiger partial charge is 0.269 e. The molecule has 0 radical (unpaired) electrons. The van der Waals surface area contributed by atoms with Crippen molar-refractivity contribution in [3.63, 3.8) is 0 Å². The third kappa shape index (κ3) is 5.67. The predicted molar refractivity (Wildman–Crippen MR) is 136 cm³/mol. The van der Waals surface area contributed by atoms with Gasteiger partial charge in [0.1, 0.15) is 6.73 Å². The molecule has 0 saturated carbocycles. The predicted octanol–water partition coefficient (Wildman–Crippen LogP) is 5.13. The number of rotatable bonds is 9. The SMILES string of the molecule is C[Si](C)(C)CCOCn1ncc2ccc(-c3ccc(=O)n(Cc4cccc([N+](=O)[O-])c4)c3)cc21. The van der Waals surface area contributed by atoms with Gasteiger partial charge in [0.2, 0.25) is 0 Å². The number of hydrogen-bond acceptors (Lipinski definition) is 5. The van der Waals surface area contributed by atoms with Crippen LogP contribution in [0, 0.1) is 10.1 Å². The van der Waals surface area contributed by atoms with Crippen LogP contribution >= 0.6 is 0 Å². The van der Waals surface area contributed by atoms with Crippen LogP contribution in [0.5, 0.6) is 0 Å². The second-order valence-corrected chi connectivity index (χ2v) is 15.2. The fourth-order valence-electron chi connectivity index (χ4n) is 3.67. The Morgan fingerprint density at radius 1 is 1.06 bits per heavy atom. The molecule has 176 valence electrons. The molecular weight excluding hydrogens is 448 g/mol. The minimum Gasteiger partial charge on any atom is -0.360 e. The standard InChI is InChI=1S/C25H28N4O4Si/c1-34(2,3)12-11-33-18-28-24-14-20(7-8-21(24)15-26-28)22-9-10-25(30)27(17-22)16-19-5-4-6-23(13-19)29(31)32/h4-10,13-15,17H,11-12,16,18H2,1-3H3. The van der Waals surface area contributed by atoms with Gasteiger partial charge in [0, 0.05) is 44.5 Å². The van der Waals surface area contributed by atoms with E-state index in [1.54, 1.807) is 29.0 Å². The Bertz CT molecular complexity index is 1390. The fraction of sp³-hybridized carbons (Fsp3) is 0.280. The van der Waals surface area contributed by atoms with Crippen molar-refractivity contribution < 1.29 is 9.66 Å². The lowest BCUT2D eigenvalue weighted by Gasteiger charge is -2.15. The fourth-order valence-corrected chi connectivity index (χ4v) is 4.43. The Balaban J connectivity index is 1.57. The molecule has 0 spiro atoms. The highest BCUT2D eigenvalue weighted by atomic mass is 28.3. The van der Waals surface area contributed by atoms with Gasteiger partial charge < -0.3 is 9.30 Å². The van der Waals surface area contributed by atoms with Crippen LogP contribution in [-0.2, 0) is 18.0 Å². The Labute approximate surface area is 198 Å². The summed E-state index contributed by atoms with van der Waals surface area (Å²) >= 11 is 0. The number of benzene rings is 2. The van der Waals surface area contributed by atoms with Crippen LogP contribution in [-0.4, -0.2) is 34.0 Å². The summed E-state index contributed by atoms with van der Waals surface area (Å²) < 4.78 is 9.29. The molecule has 0 aliphatic rings. The Morgan fingerprint density at radius 2 is 1.85 bits per heavy atom. The topological polar surface area (TPSA) is 92.2 Å². The first-order chi connectivity index (χ1) is 16.2. The van der Waals surface area contributed by atoms with Crippen molar-refractivity contribution in [2.75, 3.05) is 6.61 Å². The normalized spacial score (nSPS) is 11.7. The van der Waals surface area contributed by atoms with Crippen molar-refractivity contribution >= 4 is 24.7 Å². The molecule has 34 heavy (non-hydrogen) atoms. The molecule has 9 heteroatoms. The molecule has 0 bridgehead atoms. The highest BCUT2D eigenvalue weighted by Gasteiger charge is 2.13. The third-order valence-electron chi connectivity index (χ3n) is 5.65. The maximum atomic E-state index is 12.5. The van der Waals surface area contributed by atoms with Gasteiger partial charge in [0.05, 0.1) is 23.2 Å². The molecule has 2 heterocycles. The Kier molecular flexibility index (Phi) is 6.76. The van der Waals surface area contributed by atoms with Gasteiger partial charge >= 0.3 is 0 Å². The van der Waals surface area contributed by atoms with Crippen LogP contribution < -0.4 is 5.56 Å². The van der Waals surface area contributed by atoms with Gasteiger partial charge in [-0.1, -0.05) is 43.9 Å². The van der Waals surface area contributed by atoms with E-state index < -0.39 is 13.0 Å². The minimum absolute atomic E-state index is 0.00693. The average Bonchev–Trinajstić information content (AvgIpc) is 3.20. The molecule has 0 aliphatic carbocycles. The van der Waals surface area contributed by atoms with Crippen LogP contribution in [0.25, 0.3) is 22.0 Å². The van der Waals surface area contributed by atoms with Gasteiger partial charge in [0.15, 0.2) is 0 Å². The van der Waals surface area contributed by atoms with Crippen molar-refractivity contribution in [1.82, 2.24) is 14.3 Å². The van der Waals surface area contributed by atoms with Gasteiger partial charge in [-0.3, -0.25) is 14.9 Å². The number of ether oxygens (including phenoxy) is 1. The average molecular weight is 477 g/mol. The Morgan fingerprint density at radius 3 is 2.62 bits per heavy atom. The van der Waals surface area contributed by atoms with Crippen molar-refractivity contribution in [1.29, 1.82) is 0 Å². The Hall–Kier alpha value is -3.56. The molecule has 0 fully saturated rings. The van der Waals surface area contributed by atoms with Gasteiger partial charge in [-0.25, -0.2) is 4.68 Å². The summed E-state index contributed by atoms with van der Waals surface area (Å²) in [6.45, 7) is 8.34. The van der Waals surface area contributed by atoms with Crippen LogP contribution in [0.2, 0.25) is 25.7 Å². The van der Waals surface area contributed by atoms with E-state index in [0.717, 1.165) is 34.7 Å². The molecular formula is C25H28N4O4Si. The lowest BCUT2D eigenvalue weighted by Crippen LogP contribution is -2.22. The highest BCUT2D eigenvalue weighted by molar-refractivity contribution is 6.76. The minimum atomic E-state index is -1.15. The zero-order chi connectivity index (χ0) is 24.3. The number of pyridine rings is 1. The van der Waals surface area contributed by atoms with E-state index in [0.29, 0.717) is 12.3 Å². The lowest BCUT2D eigenvalue weighted by atomic mass is 10.1. The van der Waals surface area contributed by atoms with E-state index in [2.05, 4.69) is 24.7 Å². The van der Waals surface area contributed by atoms with E-state index >= 15 is 0 Å². The van der Waals surface area contributed by atoms with E-state index in [4.69, 9.17) is 4.74 Å². The zero-order valence-corrected chi connectivity index (χ0v) is 20.6. The van der Waals surface area contributed by atoms with Crippen molar-refractivity contribution in [2.45, 2.75) is 39.0 Å². The summed E-state index contributed by atoms with van der Waals surface area (Å²) in [5, 5.41) is 16.6. The second kappa shape index (κ2) is 9.74. The molecule has 0 N–H and O–H groups in total. The van der Waals surface area contributed by atoms with Crippen molar-refractivity contribution in [3.8, 4) is 11.1 Å². The van der Waals surface area contributed by atoms with Crippen LogP contribution in [0.3, 0.4) is 0 Å². The van der Waals surface area contributed by atoms with Gasteiger partial charge in [-0.15, -0.1) is 0 Å². The molecule has 4 aromatic rings. The van der Waals surface area contributed by atoms with Crippen LogP contribution in [0.1, 0.15) is 5.56 Å². The summed E-state index contributed by atoms with van der Waals surface area (Å²) in [5.41, 5.74) is 3.31. The van der Waals surface area contributed by atoms with Crippen LogP contribution in [0.15, 0.2) is 71.8 Å². The number of aromatic nitrogens is 3. The van der Waals surface area contributed by atoms with E-state index in [1.807, 2.05) is 29.1 Å². The molecule has 2 aromatic heterocycles. The van der Waals surface area contributed by atoms with Crippen molar-refractivity contribution in [3.05, 3.63) is 93.0 Å². The first kappa shape index (κ1) is 23.6. The van der Waals surface area contributed by atoms with Crippen LogP contribution in [0.4, 0.5) is 5.69 Å². The summed E-state index contributed by atoms with van der Waals surface area (Å²) in [5.74, 6) is 0. The first-order valence-electron chi connectivity index (χ1n) is 11.2. The first-order valence-corrected chi connectivity index (χ1v) is 14.9. The van der Waals surface area contributed by atoms with E-state index in [-0.39, 0.29) is 17.8 Å². The molecule has 4 rings (SSSR count). The summed E-state index contributed by atoms with van der Waals surface area (Å²) in [7, 11) is -1.15. The number of nitro groups is 1. The maximum Gasteiger partial charge on any atom is 0.269 e. The van der Waals surface area contributed by atoms with Gasteiger partial charge in [0.25, 0.3) is 11.2 Å². The number of non-ortho nitro benzene ring substituents is 1. The number of nitrogens with zero attached hydrogens (tertiary/aromatic N) is 4. The van der Waals surface area contributed by atoms with Gasteiger partial charge in [-0.05, 0) is 34.9 Å². The quantitative estimate of drug-likeness (QED) is 0.144. The summed E-state index contributed by atoms with van der Waals surface area (Å²) in [6.07, 6.45) is 3.61. The van der Waals surface area contributed by atoms with Gasteiger partial charge in [-0.2, -0.15) is 5.10 Å². The second-order valence-electron chi connectivity index (χ2n) is 9.58. The molecule has 0 amide bonds. The molecule has 2 aromatic carbocycles. The van der Waals surface area contributed by atoms with Crippen molar-refractivity contribution in [2.24, 2.45) is 0 Å². The lowest BCUT2D eigenvalue weighted by molar-refractivity contribution is -0.384.